The lowest BCUT2D eigenvalue weighted by molar-refractivity contribution is 0.00148. The van der Waals surface area contributed by atoms with Crippen molar-refractivity contribution in [1.82, 2.24) is 14.5 Å². The molecule has 2 bridgehead atoms. The van der Waals surface area contributed by atoms with Crippen LogP contribution in [0.3, 0.4) is 0 Å². The third-order valence-electron chi connectivity index (χ3n) is 9.46. The highest BCUT2D eigenvalue weighted by Gasteiger charge is 2.50. The first-order valence-electron chi connectivity index (χ1n) is 15.1. The van der Waals surface area contributed by atoms with Crippen molar-refractivity contribution in [1.29, 1.82) is 0 Å². The van der Waals surface area contributed by atoms with Gasteiger partial charge in [0.2, 0.25) is 0 Å². The van der Waals surface area contributed by atoms with E-state index in [0.29, 0.717) is 52.6 Å². The van der Waals surface area contributed by atoms with Gasteiger partial charge < -0.3 is 14.4 Å². The van der Waals surface area contributed by atoms with Gasteiger partial charge in [0.25, 0.3) is 5.91 Å². The van der Waals surface area contributed by atoms with Crippen molar-refractivity contribution in [3.63, 3.8) is 0 Å². The van der Waals surface area contributed by atoms with E-state index in [9.17, 15) is 4.79 Å². The molecule has 2 aliphatic carbocycles. The lowest BCUT2D eigenvalue weighted by Gasteiger charge is -2.39. The maximum atomic E-state index is 15.2. The molecule has 4 unspecified atom stereocenters. The number of rotatable bonds is 9. The van der Waals surface area contributed by atoms with Gasteiger partial charge in [-0.05, 0) is 99.2 Å². The SMILES string of the molecule is CC1C2CC(CC2OCc2c(C3CC3)cnn2-c2c(Cl)cccc2Cl)N1c1ccc(C(=O)NSC2CCOCC2)c(F)c1. The van der Waals surface area contributed by atoms with Crippen molar-refractivity contribution < 1.29 is 18.7 Å². The Kier molecular flexibility index (Phi) is 8.37. The molecule has 43 heavy (non-hydrogen) atoms. The minimum Gasteiger partial charge on any atom is -0.381 e. The van der Waals surface area contributed by atoms with Crippen LogP contribution in [0, 0.1) is 11.7 Å². The number of para-hydroxylation sites is 1. The van der Waals surface area contributed by atoms with E-state index < -0.39 is 11.7 Å². The van der Waals surface area contributed by atoms with Gasteiger partial charge in [-0.3, -0.25) is 9.52 Å². The first-order chi connectivity index (χ1) is 20.9. The van der Waals surface area contributed by atoms with Gasteiger partial charge >= 0.3 is 0 Å². The van der Waals surface area contributed by atoms with Crippen LogP contribution in [-0.4, -0.2) is 52.3 Å². The highest BCUT2D eigenvalue weighted by atomic mass is 35.5. The average molecular weight is 646 g/mol. The minimum absolute atomic E-state index is 0.0724. The molecule has 11 heteroatoms. The monoisotopic (exact) mass is 644 g/mol. The van der Waals surface area contributed by atoms with Crippen molar-refractivity contribution in [2.45, 2.75) is 81.4 Å². The second-order valence-corrected chi connectivity index (χ2v) is 14.0. The van der Waals surface area contributed by atoms with Gasteiger partial charge in [-0.25, -0.2) is 9.07 Å². The topological polar surface area (TPSA) is 68.6 Å². The number of amides is 1. The normalized spacial score (nSPS) is 25.4. The predicted octanol–water partition coefficient (Wildman–Crippen LogP) is 7.33. The molecule has 0 radical (unpaired) electrons. The summed E-state index contributed by atoms with van der Waals surface area (Å²) in [6.07, 6.45) is 7.94. The zero-order valence-corrected chi connectivity index (χ0v) is 26.3. The number of ether oxygens (including phenoxy) is 2. The molecule has 2 saturated carbocycles. The number of aromatic nitrogens is 2. The number of anilines is 1. The molecular weight excluding hydrogens is 610 g/mol. The summed E-state index contributed by atoms with van der Waals surface area (Å²) < 4.78 is 31.9. The van der Waals surface area contributed by atoms with Crippen LogP contribution in [0.25, 0.3) is 5.69 Å². The summed E-state index contributed by atoms with van der Waals surface area (Å²) in [4.78, 5) is 15.0. The van der Waals surface area contributed by atoms with Crippen LogP contribution in [0.1, 0.15) is 73.0 Å². The van der Waals surface area contributed by atoms with Gasteiger partial charge in [-0.2, -0.15) is 5.10 Å². The van der Waals surface area contributed by atoms with E-state index in [1.54, 1.807) is 6.07 Å². The summed E-state index contributed by atoms with van der Waals surface area (Å²) in [5, 5.41) is 6.08. The number of fused-ring (bicyclic) bond motifs is 2. The molecule has 2 saturated heterocycles. The third kappa shape index (κ3) is 5.79. The van der Waals surface area contributed by atoms with Gasteiger partial charge in [-0.15, -0.1) is 0 Å². The third-order valence-corrected chi connectivity index (χ3v) is 11.2. The van der Waals surface area contributed by atoms with Crippen LogP contribution >= 0.6 is 35.1 Å². The van der Waals surface area contributed by atoms with Crippen LogP contribution in [0.2, 0.25) is 10.0 Å². The van der Waals surface area contributed by atoms with E-state index in [2.05, 4.69) is 21.6 Å². The maximum absolute atomic E-state index is 15.2. The summed E-state index contributed by atoms with van der Waals surface area (Å²) in [5.41, 5.74) is 3.79. The fourth-order valence-corrected chi connectivity index (χ4v) is 8.46. The Morgan fingerprint density at radius 2 is 1.91 bits per heavy atom. The smallest absolute Gasteiger partial charge is 0.264 e. The largest absolute Gasteiger partial charge is 0.381 e. The van der Waals surface area contributed by atoms with E-state index in [0.717, 1.165) is 49.9 Å². The van der Waals surface area contributed by atoms with Crippen molar-refractivity contribution >= 4 is 46.7 Å². The molecule has 1 aromatic heterocycles. The summed E-state index contributed by atoms with van der Waals surface area (Å²) >= 11 is 14.5. The summed E-state index contributed by atoms with van der Waals surface area (Å²) in [6, 6.07) is 10.9. The fraction of sp³-hybridized carbons (Fsp3) is 0.500. The van der Waals surface area contributed by atoms with Crippen LogP contribution in [0.5, 0.6) is 0 Å². The second kappa shape index (κ2) is 12.2. The standard InChI is InChI=1S/C32H35Cl2FN4O3S/c1-18-24-13-21(38(18)20-7-8-23(28(35)14-20)32(40)37-43-22-9-11-41-12-10-22)15-30(24)42-17-29-25(19-5-6-19)16-36-39(29)31-26(33)3-2-4-27(31)34/h2-4,7-8,14,16,18-19,21-22,24,30H,5-6,9-13,15,17H2,1H3,(H,37,40). The first kappa shape index (κ1) is 29.4. The Hall–Kier alpha value is -2.30. The van der Waals surface area contributed by atoms with E-state index >= 15 is 4.39 Å². The van der Waals surface area contributed by atoms with Crippen LogP contribution < -0.4 is 9.62 Å². The number of halogens is 3. The molecule has 7 nitrogen and oxygen atoms in total. The predicted molar refractivity (Wildman–Crippen MR) is 168 cm³/mol. The number of benzene rings is 2. The number of hydrogen-bond donors (Lipinski definition) is 1. The lowest BCUT2D eigenvalue weighted by Crippen LogP contribution is -2.45. The van der Waals surface area contributed by atoms with E-state index in [1.807, 2.05) is 35.1 Å². The number of hydrogen-bond acceptors (Lipinski definition) is 6. The van der Waals surface area contributed by atoms with Crippen LogP contribution in [0.4, 0.5) is 10.1 Å². The molecule has 0 spiro atoms. The van der Waals surface area contributed by atoms with E-state index in [-0.39, 0.29) is 23.8 Å². The Balaban J connectivity index is 1.02. The number of nitrogens with zero attached hydrogens (tertiary/aromatic N) is 3. The average Bonchev–Trinajstić information content (AvgIpc) is 3.51. The molecular formula is C32H35Cl2FN4O3S. The molecule has 2 aliphatic heterocycles. The zero-order valence-electron chi connectivity index (χ0n) is 24.0. The van der Waals surface area contributed by atoms with Gasteiger partial charge in [0, 0.05) is 42.2 Å². The number of carbonyl (C=O) groups excluding carboxylic acids is 1. The maximum Gasteiger partial charge on any atom is 0.264 e. The van der Waals surface area contributed by atoms with Crippen molar-refractivity contribution in [2.24, 2.45) is 5.92 Å². The van der Waals surface area contributed by atoms with Gasteiger partial charge in [0.15, 0.2) is 0 Å². The quantitative estimate of drug-likeness (QED) is 0.246. The highest BCUT2D eigenvalue weighted by molar-refractivity contribution is 7.98. The summed E-state index contributed by atoms with van der Waals surface area (Å²) in [7, 11) is 0. The summed E-state index contributed by atoms with van der Waals surface area (Å²) in [6.45, 7) is 4.01. The minimum atomic E-state index is -0.496. The Labute approximate surface area is 265 Å². The molecule has 4 atom stereocenters. The van der Waals surface area contributed by atoms with Gasteiger partial charge in [-0.1, -0.05) is 29.3 Å². The number of piperidine rings is 1. The Bertz CT molecular complexity index is 1490. The molecule has 1 amide bonds. The van der Waals surface area contributed by atoms with Crippen LogP contribution in [-0.2, 0) is 16.1 Å². The summed E-state index contributed by atoms with van der Waals surface area (Å²) in [5.74, 6) is -0.0719. The van der Waals surface area contributed by atoms with Crippen molar-refractivity contribution in [3.05, 3.63) is 75.3 Å². The molecule has 228 valence electrons. The van der Waals surface area contributed by atoms with Gasteiger partial charge in [0.1, 0.15) is 11.5 Å². The first-order valence-corrected chi connectivity index (χ1v) is 16.8. The van der Waals surface area contributed by atoms with Gasteiger partial charge in [0.05, 0.1) is 40.2 Å². The number of nitrogens with one attached hydrogen (secondary N) is 1. The second-order valence-electron chi connectivity index (χ2n) is 12.1. The van der Waals surface area contributed by atoms with E-state index in [4.69, 9.17) is 32.7 Å². The lowest BCUT2D eigenvalue weighted by atomic mass is 9.96. The van der Waals surface area contributed by atoms with E-state index in [1.165, 1.54) is 23.6 Å². The Morgan fingerprint density at radius 1 is 1.14 bits per heavy atom. The fourth-order valence-electron chi connectivity index (χ4n) is 7.09. The molecule has 1 N–H and O–H groups in total. The molecule has 3 heterocycles. The molecule has 7 rings (SSSR count). The highest BCUT2D eigenvalue weighted by Crippen LogP contribution is 2.47. The molecule has 4 aliphatic rings. The number of carbonyl (C=O) groups is 1. The molecule has 2 aromatic carbocycles. The zero-order chi connectivity index (χ0) is 29.7. The van der Waals surface area contributed by atoms with Crippen LogP contribution in [0.15, 0.2) is 42.6 Å². The Morgan fingerprint density at radius 3 is 2.60 bits per heavy atom. The van der Waals surface area contributed by atoms with Crippen molar-refractivity contribution in [2.75, 3.05) is 18.1 Å². The van der Waals surface area contributed by atoms with Crippen molar-refractivity contribution in [3.8, 4) is 5.69 Å². The molecule has 3 aromatic rings. The molecule has 4 fully saturated rings.